The van der Waals surface area contributed by atoms with Crippen LogP contribution in [0.4, 0.5) is 11.4 Å². The fraction of sp³-hybridized carbons (Fsp3) is 0.512. The lowest BCUT2D eigenvalue weighted by Gasteiger charge is -2.40. The van der Waals surface area contributed by atoms with E-state index in [1.54, 1.807) is 4.90 Å². The van der Waals surface area contributed by atoms with E-state index in [0.29, 0.717) is 48.0 Å². The van der Waals surface area contributed by atoms with E-state index in [-0.39, 0.29) is 24.1 Å². The quantitative estimate of drug-likeness (QED) is 0.281. The van der Waals surface area contributed by atoms with E-state index < -0.39 is 6.04 Å². The molecule has 274 valence electrons. The molecule has 3 aromatic carbocycles. The number of fused-ring (bicyclic) bond motifs is 2. The van der Waals surface area contributed by atoms with E-state index in [4.69, 9.17) is 0 Å². The lowest BCUT2D eigenvalue weighted by Crippen LogP contribution is -2.52. The van der Waals surface area contributed by atoms with Crippen LogP contribution in [0, 0.1) is 17.8 Å². The van der Waals surface area contributed by atoms with E-state index in [0.717, 1.165) is 63.5 Å². The average molecular weight is 704 g/mol. The normalized spacial score (nSPS) is 24.3. The number of carbonyl (C=O) groups excluding carboxylic acids is 3. The van der Waals surface area contributed by atoms with E-state index in [9.17, 15) is 19.5 Å². The first kappa shape index (κ1) is 34.7. The summed E-state index contributed by atoms with van der Waals surface area (Å²) in [5, 5.41) is 12.5. The van der Waals surface area contributed by atoms with Crippen molar-refractivity contribution in [3.8, 4) is 5.75 Å². The van der Waals surface area contributed by atoms with Gasteiger partial charge in [-0.3, -0.25) is 24.6 Å². The maximum Gasteiger partial charge on any atom is 0.255 e. The highest BCUT2D eigenvalue weighted by molar-refractivity contribution is 6.05. The minimum absolute atomic E-state index is 0.118. The van der Waals surface area contributed by atoms with Gasteiger partial charge in [-0.15, -0.1) is 0 Å². The summed E-state index contributed by atoms with van der Waals surface area (Å²) in [6.45, 7) is 12.4. The van der Waals surface area contributed by atoms with E-state index in [2.05, 4.69) is 70.3 Å². The van der Waals surface area contributed by atoms with E-state index >= 15 is 0 Å². The van der Waals surface area contributed by atoms with Crippen LogP contribution in [0.3, 0.4) is 0 Å². The van der Waals surface area contributed by atoms with Crippen molar-refractivity contribution in [2.75, 3.05) is 55.6 Å². The van der Waals surface area contributed by atoms with Crippen molar-refractivity contribution in [2.45, 2.75) is 77.3 Å². The molecule has 8 rings (SSSR count). The van der Waals surface area contributed by atoms with Crippen molar-refractivity contribution < 1.29 is 19.5 Å². The predicted octanol–water partition coefficient (Wildman–Crippen LogP) is 5.93. The second-order valence-electron chi connectivity index (χ2n) is 16.3. The molecular weight excluding hydrogens is 651 g/mol. The van der Waals surface area contributed by atoms with Crippen LogP contribution < -0.4 is 15.1 Å². The van der Waals surface area contributed by atoms with Gasteiger partial charge < -0.3 is 19.8 Å². The smallest absolute Gasteiger partial charge is 0.255 e. The molecule has 0 aromatic heterocycles. The zero-order chi connectivity index (χ0) is 35.9. The van der Waals surface area contributed by atoms with Crippen LogP contribution in [0.15, 0.2) is 60.7 Å². The fourth-order valence-electron chi connectivity index (χ4n) is 9.76. The summed E-state index contributed by atoms with van der Waals surface area (Å²) in [4.78, 5) is 46.4. The Balaban J connectivity index is 0.825. The molecule has 0 saturated carbocycles. The van der Waals surface area contributed by atoms with Crippen molar-refractivity contribution in [3.05, 3.63) is 88.5 Å². The zero-order valence-electron chi connectivity index (χ0n) is 30.7. The number of hydrogen-bond acceptors (Lipinski definition) is 7. The molecule has 2 N–H and O–H groups in total. The SMILES string of the molecule is CC(C)C[C@H]1CCc2cc(O)ccc2[C@H]1c1ccc(N2CCC(CN3CCN(c4ccc5c(c4)CN([C@H]4CCC(=O)NC4=O)C5=O)CC3)CC2)cc1. The number of phenolic OH excluding ortho intramolecular Hbond substituents is 1. The summed E-state index contributed by atoms with van der Waals surface area (Å²) < 4.78 is 0. The third-order valence-electron chi connectivity index (χ3n) is 12.5. The zero-order valence-corrected chi connectivity index (χ0v) is 30.7. The van der Waals surface area contributed by atoms with Crippen LogP contribution in [-0.2, 0) is 22.6 Å². The topological polar surface area (TPSA) is 96.4 Å². The summed E-state index contributed by atoms with van der Waals surface area (Å²) in [5.74, 6) is 2.00. The number of piperidine rings is 2. The standard InChI is InChI=1S/C43H53N5O4/c1-28(2)23-32-4-3-31-25-36(49)10-12-37(31)41(32)30-5-7-34(8-6-30)46-17-15-29(16-18-46)26-45-19-21-47(22-20-45)35-9-11-38-33(24-35)27-48(43(38)52)39-13-14-40(50)44-42(39)51/h5-12,24-25,28-29,32,39,41,49H,3-4,13-23,26-27H2,1-2H3,(H,44,50,51)/t32-,39+,41+/m1/s1. The number of benzene rings is 3. The van der Waals surface area contributed by atoms with Crippen LogP contribution in [0.5, 0.6) is 5.75 Å². The lowest BCUT2D eigenvalue weighted by atomic mass is 9.69. The number of carbonyl (C=O) groups is 3. The molecule has 3 amide bonds. The van der Waals surface area contributed by atoms with Crippen LogP contribution in [0.25, 0.3) is 0 Å². The molecule has 9 heteroatoms. The van der Waals surface area contributed by atoms with Crippen molar-refractivity contribution in [2.24, 2.45) is 17.8 Å². The molecule has 3 aromatic rings. The second kappa shape index (κ2) is 14.6. The maximum atomic E-state index is 13.1. The monoisotopic (exact) mass is 703 g/mol. The largest absolute Gasteiger partial charge is 0.508 e. The van der Waals surface area contributed by atoms with Gasteiger partial charge in [-0.1, -0.05) is 32.0 Å². The Morgan fingerprint density at radius 2 is 1.50 bits per heavy atom. The summed E-state index contributed by atoms with van der Waals surface area (Å²) >= 11 is 0. The van der Waals surface area contributed by atoms with Gasteiger partial charge in [0, 0.05) is 81.6 Å². The first-order chi connectivity index (χ1) is 25.2. The molecule has 0 unspecified atom stereocenters. The number of hydrogen-bond donors (Lipinski definition) is 2. The highest BCUT2D eigenvalue weighted by Gasteiger charge is 2.39. The molecule has 9 nitrogen and oxygen atoms in total. The average Bonchev–Trinajstić information content (AvgIpc) is 3.47. The van der Waals surface area contributed by atoms with Crippen molar-refractivity contribution >= 4 is 29.1 Å². The maximum absolute atomic E-state index is 13.1. The molecule has 3 saturated heterocycles. The number of rotatable bonds is 8. The van der Waals surface area contributed by atoms with Crippen LogP contribution in [-0.4, -0.2) is 84.5 Å². The fourth-order valence-corrected chi connectivity index (χ4v) is 9.76. The Bertz CT molecular complexity index is 1810. The van der Waals surface area contributed by atoms with Crippen LogP contribution in [0.2, 0.25) is 0 Å². The molecule has 1 aliphatic carbocycles. The number of nitrogens with zero attached hydrogens (tertiary/aromatic N) is 4. The summed E-state index contributed by atoms with van der Waals surface area (Å²) in [6, 6.07) is 20.9. The van der Waals surface area contributed by atoms with Crippen molar-refractivity contribution in [1.82, 2.24) is 15.1 Å². The Morgan fingerprint density at radius 1 is 0.769 bits per heavy atom. The van der Waals surface area contributed by atoms with Gasteiger partial charge in [0.25, 0.3) is 5.91 Å². The first-order valence-electron chi connectivity index (χ1n) is 19.6. The van der Waals surface area contributed by atoms with Gasteiger partial charge in [0.1, 0.15) is 11.8 Å². The summed E-state index contributed by atoms with van der Waals surface area (Å²) in [6.07, 6.45) is 6.51. The Morgan fingerprint density at radius 3 is 2.23 bits per heavy atom. The highest BCUT2D eigenvalue weighted by Crippen LogP contribution is 2.45. The number of anilines is 2. The third-order valence-corrected chi connectivity index (χ3v) is 12.5. The van der Waals surface area contributed by atoms with Crippen molar-refractivity contribution in [3.63, 3.8) is 0 Å². The number of nitrogens with one attached hydrogen (secondary N) is 1. The number of imide groups is 1. The third kappa shape index (κ3) is 7.04. The molecule has 3 fully saturated rings. The predicted molar refractivity (Wildman–Crippen MR) is 204 cm³/mol. The first-order valence-corrected chi connectivity index (χ1v) is 19.6. The minimum atomic E-state index is -0.581. The molecule has 0 spiro atoms. The van der Waals surface area contributed by atoms with Gasteiger partial charge in [-0.2, -0.15) is 0 Å². The van der Waals surface area contributed by atoms with Gasteiger partial charge >= 0.3 is 0 Å². The van der Waals surface area contributed by atoms with Crippen LogP contribution in [0.1, 0.15) is 90.9 Å². The summed E-state index contributed by atoms with van der Waals surface area (Å²) in [7, 11) is 0. The lowest BCUT2D eigenvalue weighted by molar-refractivity contribution is -0.136. The molecule has 0 bridgehead atoms. The molecule has 3 atom stereocenters. The van der Waals surface area contributed by atoms with Gasteiger partial charge in [0.2, 0.25) is 11.8 Å². The number of aryl methyl sites for hydroxylation is 1. The van der Waals surface area contributed by atoms with E-state index in [1.165, 1.54) is 48.1 Å². The Labute approximate surface area is 308 Å². The molecular formula is C43H53N5O4. The number of amides is 3. The minimum Gasteiger partial charge on any atom is -0.508 e. The van der Waals surface area contributed by atoms with Gasteiger partial charge in [0.05, 0.1) is 0 Å². The van der Waals surface area contributed by atoms with E-state index in [1.807, 2.05) is 24.3 Å². The Kier molecular flexibility index (Phi) is 9.72. The van der Waals surface area contributed by atoms with Gasteiger partial charge in [0.15, 0.2) is 0 Å². The summed E-state index contributed by atoms with van der Waals surface area (Å²) in [5.41, 5.74) is 8.20. The molecule has 4 heterocycles. The van der Waals surface area contributed by atoms with Crippen molar-refractivity contribution in [1.29, 1.82) is 0 Å². The number of aromatic hydroxyl groups is 1. The second-order valence-corrected chi connectivity index (χ2v) is 16.3. The Hall–Kier alpha value is -4.37. The highest BCUT2D eigenvalue weighted by atomic mass is 16.3. The van der Waals surface area contributed by atoms with Crippen LogP contribution >= 0.6 is 0 Å². The molecule has 4 aliphatic heterocycles. The molecule has 52 heavy (non-hydrogen) atoms. The van der Waals surface area contributed by atoms with Gasteiger partial charge in [-0.25, -0.2) is 0 Å². The number of phenols is 1. The van der Waals surface area contributed by atoms with Gasteiger partial charge in [-0.05, 0) is 121 Å². The number of piperazine rings is 1. The molecule has 0 radical (unpaired) electrons. The molecule has 5 aliphatic rings.